The molecule has 0 bridgehead atoms. The van der Waals surface area contributed by atoms with Crippen LogP contribution in [0, 0.1) is 18.6 Å². The third kappa shape index (κ3) is 2.83. The zero-order chi connectivity index (χ0) is 15.6. The molecule has 21 heavy (non-hydrogen) atoms. The van der Waals surface area contributed by atoms with Crippen molar-refractivity contribution >= 4 is 0 Å². The second-order valence-corrected chi connectivity index (χ2v) is 4.60. The SMILES string of the molecule is COc1ccc(OC)c(C(O)c2c(F)ccc(C)c2F)c1. The maximum Gasteiger partial charge on any atom is 0.135 e. The summed E-state index contributed by atoms with van der Waals surface area (Å²) < 4.78 is 38.3. The number of hydrogen-bond donors (Lipinski definition) is 1. The smallest absolute Gasteiger partial charge is 0.135 e. The van der Waals surface area contributed by atoms with Gasteiger partial charge in [0.15, 0.2) is 0 Å². The maximum atomic E-state index is 14.1. The lowest BCUT2D eigenvalue weighted by Crippen LogP contribution is -2.09. The molecule has 112 valence electrons. The zero-order valence-corrected chi connectivity index (χ0v) is 12.0. The number of aryl methyl sites for hydroxylation is 1. The summed E-state index contributed by atoms with van der Waals surface area (Å²) in [5.74, 6) is -0.801. The molecule has 1 unspecified atom stereocenters. The second kappa shape index (κ2) is 6.10. The van der Waals surface area contributed by atoms with Crippen LogP contribution in [0.4, 0.5) is 8.78 Å². The summed E-state index contributed by atoms with van der Waals surface area (Å²) in [5, 5.41) is 10.4. The van der Waals surface area contributed by atoms with Crippen molar-refractivity contribution in [1.29, 1.82) is 0 Å². The minimum absolute atomic E-state index is 0.236. The number of benzene rings is 2. The van der Waals surface area contributed by atoms with Crippen LogP contribution in [0.1, 0.15) is 22.8 Å². The van der Waals surface area contributed by atoms with Gasteiger partial charge in [0.05, 0.1) is 19.8 Å². The molecule has 0 aliphatic carbocycles. The van der Waals surface area contributed by atoms with Crippen molar-refractivity contribution in [2.45, 2.75) is 13.0 Å². The Balaban J connectivity index is 2.59. The van der Waals surface area contributed by atoms with Gasteiger partial charge in [-0.05, 0) is 36.8 Å². The highest BCUT2D eigenvalue weighted by atomic mass is 19.1. The van der Waals surface area contributed by atoms with Gasteiger partial charge < -0.3 is 14.6 Å². The van der Waals surface area contributed by atoms with E-state index in [0.717, 1.165) is 6.07 Å². The van der Waals surface area contributed by atoms with Crippen LogP contribution >= 0.6 is 0 Å². The van der Waals surface area contributed by atoms with Gasteiger partial charge in [-0.3, -0.25) is 0 Å². The van der Waals surface area contributed by atoms with E-state index in [1.807, 2.05) is 0 Å². The van der Waals surface area contributed by atoms with E-state index in [1.54, 1.807) is 12.1 Å². The molecule has 1 N–H and O–H groups in total. The molecule has 0 aliphatic rings. The number of hydrogen-bond acceptors (Lipinski definition) is 3. The van der Waals surface area contributed by atoms with Crippen molar-refractivity contribution in [3.05, 3.63) is 58.7 Å². The first-order valence-corrected chi connectivity index (χ1v) is 6.34. The number of ether oxygens (including phenoxy) is 2. The highest BCUT2D eigenvalue weighted by Crippen LogP contribution is 2.35. The summed E-state index contributed by atoms with van der Waals surface area (Å²) in [7, 11) is 2.88. The van der Waals surface area contributed by atoms with Crippen LogP contribution in [-0.2, 0) is 0 Å². The summed E-state index contributed by atoms with van der Waals surface area (Å²) in [4.78, 5) is 0. The van der Waals surface area contributed by atoms with Gasteiger partial charge in [0.25, 0.3) is 0 Å². The summed E-state index contributed by atoms with van der Waals surface area (Å²) in [6, 6.07) is 7.15. The molecule has 0 radical (unpaired) electrons. The average molecular weight is 294 g/mol. The van der Waals surface area contributed by atoms with E-state index in [0.29, 0.717) is 11.5 Å². The molecular weight excluding hydrogens is 278 g/mol. The van der Waals surface area contributed by atoms with Crippen molar-refractivity contribution < 1.29 is 23.4 Å². The van der Waals surface area contributed by atoms with Gasteiger partial charge in [0, 0.05) is 5.56 Å². The minimum atomic E-state index is -1.49. The third-order valence-electron chi connectivity index (χ3n) is 3.32. The van der Waals surface area contributed by atoms with Crippen LogP contribution < -0.4 is 9.47 Å². The fourth-order valence-corrected chi connectivity index (χ4v) is 2.14. The van der Waals surface area contributed by atoms with Crippen molar-refractivity contribution in [1.82, 2.24) is 0 Å². The van der Waals surface area contributed by atoms with E-state index in [1.165, 1.54) is 33.3 Å². The Morgan fingerprint density at radius 2 is 1.76 bits per heavy atom. The largest absolute Gasteiger partial charge is 0.497 e. The molecule has 0 aromatic heterocycles. The summed E-state index contributed by atoms with van der Waals surface area (Å²) in [6.45, 7) is 1.51. The molecular formula is C16H16F2O3. The van der Waals surface area contributed by atoms with Gasteiger partial charge in [-0.1, -0.05) is 6.07 Å². The lowest BCUT2D eigenvalue weighted by Gasteiger charge is -2.18. The number of aliphatic hydroxyl groups is 1. The first-order valence-electron chi connectivity index (χ1n) is 6.34. The van der Waals surface area contributed by atoms with E-state index in [4.69, 9.17) is 9.47 Å². The third-order valence-corrected chi connectivity index (χ3v) is 3.32. The summed E-state index contributed by atoms with van der Waals surface area (Å²) in [6.07, 6.45) is -1.49. The summed E-state index contributed by atoms with van der Waals surface area (Å²) in [5.41, 5.74) is 0.0918. The lowest BCUT2D eigenvalue weighted by molar-refractivity contribution is 0.203. The fraction of sp³-hybridized carbons (Fsp3) is 0.250. The Labute approximate surface area is 121 Å². The molecule has 5 heteroatoms. The van der Waals surface area contributed by atoms with Gasteiger partial charge in [0.1, 0.15) is 29.2 Å². The zero-order valence-electron chi connectivity index (χ0n) is 12.0. The number of aliphatic hydroxyl groups excluding tert-OH is 1. The van der Waals surface area contributed by atoms with E-state index in [9.17, 15) is 13.9 Å². The Hall–Kier alpha value is -2.14. The molecule has 0 saturated heterocycles. The van der Waals surface area contributed by atoms with Crippen LogP contribution in [-0.4, -0.2) is 19.3 Å². The average Bonchev–Trinajstić information content (AvgIpc) is 2.50. The monoisotopic (exact) mass is 294 g/mol. The van der Waals surface area contributed by atoms with Crippen LogP contribution in [0.5, 0.6) is 11.5 Å². The van der Waals surface area contributed by atoms with Crippen molar-refractivity contribution in [3.63, 3.8) is 0 Å². The molecule has 0 spiro atoms. The van der Waals surface area contributed by atoms with Gasteiger partial charge in [-0.25, -0.2) is 8.78 Å². The van der Waals surface area contributed by atoms with Crippen LogP contribution in [0.2, 0.25) is 0 Å². The van der Waals surface area contributed by atoms with Crippen molar-refractivity contribution in [2.24, 2.45) is 0 Å². The highest BCUT2D eigenvalue weighted by molar-refractivity contribution is 5.46. The standard InChI is InChI=1S/C16H16F2O3/c1-9-4-6-12(17)14(15(9)18)16(19)11-8-10(20-2)5-7-13(11)21-3/h4-8,16,19H,1-3H3. The Morgan fingerprint density at radius 3 is 2.38 bits per heavy atom. The molecule has 2 aromatic rings. The van der Waals surface area contributed by atoms with Gasteiger partial charge >= 0.3 is 0 Å². The summed E-state index contributed by atoms with van der Waals surface area (Å²) >= 11 is 0. The van der Waals surface area contributed by atoms with Crippen LogP contribution in [0.3, 0.4) is 0 Å². The molecule has 0 saturated carbocycles. The van der Waals surface area contributed by atoms with Crippen LogP contribution in [0.15, 0.2) is 30.3 Å². The molecule has 0 amide bonds. The topological polar surface area (TPSA) is 38.7 Å². The highest BCUT2D eigenvalue weighted by Gasteiger charge is 2.24. The predicted molar refractivity (Wildman–Crippen MR) is 74.7 cm³/mol. The second-order valence-electron chi connectivity index (χ2n) is 4.60. The Kier molecular flexibility index (Phi) is 4.43. The molecule has 2 rings (SSSR count). The Bertz CT molecular complexity index is 656. The van der Waals surface area contributed by atoms with E-state index in [-0.39, 0.29) is 11.1 Å². The number of methoxy groups -OCH3 is 2. The Morgan fingerprint density at radius 1 is 1.05 bits per heavy atom. The quantitative estimate of drug-likeness (QED) is 0.939. The molecule has 0 aliphatic heterocycles. The molecule has 2 aromatic carbocycles. The van der Waals surface area contributed by atoms with E-state index < -0.39 is 23.3 Å². The maximum absolute atomic E-state index is 14.1. The van der Waals surface area contributed by atoms with E-state index >= 15 is 0 Å². The van der Waals surface area contributed by atoms with Crippen molar-refractivity contribution in [3.8, 4) is 11.5 Å². The molecule has 1 atom stereocenters. The predicted octanol–water partition coefficient (Wildman–Crippen LogP) is 3.37. The van der Waals surface area contributed by atoms with Gasteiger partial charge in [-0.15, -0.1) is 0 Å². The molecule has 3 nitrogen and oxygen atoms in total. The first kappa shape index (κ1) is 15.3. The van der Waals surface area contributed by atoms with Crippen molar-refractivity contribution in [2.75, 3.05) is 14.2 Å². The van der Waals surface area contributed by atoms with Gasteiger partial charge in [0.2, 0.25) is 0 Å². The van der Waals surface area contributed by atoms with Gasteiger partial charge in [-0.2, -0.15) is 0 Å². The van der Waals surface area contributed by atoms with E-state index in [2.05, 4.69) is 0 Å². The number of halogens is 2. The van der Waals surface area contributed by atoms with Crippen LogP contribution in [0.25, 0.3) is 0 Å². The minimum Gasteiger partial charge on any atom is -0.497 e. The lowest BCUT2D eigenvalue weighted by atomic mass is 9.97. The molecule has 0 fully saturated rings. The normalized spacial score (nSPS) is 12.1. The fourth-order valence-electron chi connectivity index (χ4n) is 2.14. The first-order chi connectivity index (χ1) is 9.99. The molecule has 0 heterocycles. The number of rotatable bonds is 4.